The molecule has 0 fully saturated rings. The number of benzene rings is 1. The molecule has 0 N–H and O–H groups in total. The number of hydrogen-bond donors (Lipinski definition) is 0. The van der Waals surface area contributed by atoms with E-state index in [9.17, 15) is 13.2 Å². The normalized spacial score (nSPS) is 11.4. The summed E-state index contributed by atoms with van der Waals surface area (Å²) in [5.41, 5.74) is 0. The minimum Gasteiger partial charge on any atom is -0.491 e. The van der Waals surface area contributed by atoms with Crippen LogP contribution >= 0.6 is 15.9 Å². The van der Waals surface area contributed by atoms with Crippen molar-refractivity contribution in [2.45, 2.75) is 13.3 Å². The lowest BCUT2D eigenvalue weighted by Crippen LogP contribution is -2.17. The van der Waals surface area contributed by atoms with E-state index in [0.717, 1.165) is 0 Å². The molecule has 18 heavy (non-hydrogen) atoms. The molecular formula is C11H12BrF3O3. The molecule has 0 aliphatic rings. The van der Waals surface area contributed by atoms with Crippen LogP contribution in [-0.4, -0.2) is 26.2 Å². The summed E-state index contributed by atoms with van der Waals surface area (Å²) in [6.45, 7) is 3.05. The molecule has 0 amide bonds. The highest BCUT2D eigenvalue weighted by Gasteiger charge is 2.32. The quantitative estimate of drug-likeness (QED) is 0.744. The van der Waals surface area contributed by atoms with Gasteiger partial charge < -0.3 is 14.2 Å². The molecule has 0 aliphatic heterocycles. The van der Waals surface area contributed by atoms with E-state index in [0.29, 0.717) is 13.2 Å². The Hall–Kier alpha value is -0.950. The van der Waals surface area contributed by atoms with Gasteiger partial charge in [-0.2, -0.15) is 0 Å². The molecule has 1 rings (SSSR count). The summed E-state index contributed by atoms with van der Waals surface area (Å²) in [6.07, 6.45) is -4.73. The second kappa shape index (κ2) is 6.84. The molecule has 0 unspecified atom stereocenters. The Kier molecular flexibility index (Phi) is 5.74. The first-order chi connectivity index (χ1) is 8.42. The maximum Gasteiger partial charge on any atom is 0.573 e. The molecule has 0 radical (unpaired) electrons. The maximum absolute atomic E-state index is 12.1. The van der Waals surface area contributed by atoms with Gasteiger partial charge in [0, 0.05) is 12.7 Å². The van der Waals surface area contributed by atoms with Crippen LogP contribution in [0.25, 0.3) is 0 Å². The minimum absolute atomic E-state index is 0.206. The maximum atomic E-state index is 12.1. The van der Waals surface area contributed by atoms with Crippen molar-refractivity contribution in [3.05, 3.63) is 22.7 Å². The Morgan fingerprint density at radius 1 is 1.22 bits per heavy atom. The van der Waals surface area contributed by atoms with E-state index in [1.807, 2.05) is 6.92 Å². The topological polar surface area (TPSA) is 27.7 Å². The van der Waals surface area contributed by atoms with E-state index >= 15 is 0 Å². The second-order valence-corrected chi connectivity index (χ2v) is 4.04. The van der Waals surface area contributed by atoms with Crippen molar-refractivity contribution in [3.63, 3.8) is 0 Å². The summed E-state index contributed by atoms with van der Waals surface area (Å²) < 4.78 is 50.6. The van der Waals surface area contributed by atoms with Gasteiger partial charge in [0.05, 0.1) is 11.1 Å². The molecule has 1 aromatic rings. The van der Waals surface area contributed by atoms with Crippen LogP contribution in [0.2, 0.25) is 0 Å². The molecule has 0 aliphatic carbocycles. The summed E-state index contributed by atoms with van der Waals surface area (Å²) in [6, 6.07) is 4.14. The van der Waals surface area contributed by atoms with Crippen molar-refractivity contribution in [1.29, 1.82) is 0 Å². The average Bonchev–Trinajstić information content (AvgIpc) is 2.27. The van der Waals surface area contributed by atoms with Gasteiger partial charge in [-0.1, -0.05) is 0 Å². The zero-order valence-electron chi connectivity index (χ0n) is 9.59. The van der Waals surface area contributed by atoms with Crippen molar-refractivity contribution < 1.29 is 27.4 Å². The van der Waals surface area contributed by atoms with Crippen molar-refractivity contribution in [3.8, 4) is 11.5 Å². The fourth-order valence-corrected chi connectivity index (χ4v) is 1.47. The summed E-state index contributed by atoms with van der Waals surface area (Å²) in [7, 11) is 0. The van der Waals surface area contributed by atoms with Crippen LogP contribution in [0.3, 0.4) is 0 Å². The van der Waals surface area contributed by atoms with E-state index in [1.165, 1.54) is 12.1 Å². The molecule has 0 heterocycles. The van der Waals surface area contributed by atoms with Crippen LogP contribution in [0.5, 0.6) is 11.5 Å². The van der Waals surface area contributed by atoms with Crippen molar-refractivity contribution in [1.82, 2.24) is 0 Å². The number of halogens is 4. The van der Waals surface area contributed by atoms with Gasteiger partial charge in [-0.15, -0.1) is 13.2 Å². The van der Waals surface area contributed by atoms with Gasteiger partial charge in [-0.25, -0.2) is 0 Å². The first-order valence-electron chi connectivity index (χ1n) is 5.18. The van der Waals surface area contributed by atoms with Crippen LogP contribution in [0.15, 0.2) is 22.7 Å². The van der Waals surface area contributed by atoms with Gasteiger partial charge in [-0.3, -0.25) is 0 Å². The Balaban J connectivity index is 2.63. The van der Waals surface area contributed by atoms with E-state index in [1.54, 1.807) is 6.07 Å². The standard InChI is InChI=1S/C11H12BrF3O3/c1-2-16-5-6-17-8-3-4-9(12)10(7-8)18-11(13,14)15/h3-4,7H,2,5-6H2,1H3. The lowest BCUT2D eigenvalue weighted by atomic mass is 10.3. The molecule has 0 aromatic heterocycles. The monoisotopic (exact) mass is 328 g/mol. The molecule has 7 heteroatoms. The van der Waals surface area contributed by atoms with Gasteiger partial charge in [0.1, 0.15) is 18.1 Å². The molecular weight excluding hydrogens is 317 g/mol. The number of alkyl halides is 3. The van der Waals surface area contributed by atoms with Gasteiger partial charge in [0.25, 0.3) is 0 Å². The smallest absolute Gasteiger partial charge is 0.491 e. The molecule has 0 saturated carbocycles. The number of hydrogen-bond acceptors (Lipinski definition) is 3. The Labute approximate surface area is 111 Å². The van der Waals surface area contributed by atoms with Gasteiger partial charge in [0.15, 0.2) is 0 Å². The lowest BCUT2D eigenvalue weighted by molar-refractivity contribution is -0.274. The van der Waals surface area contributed by atoms with Gasteiger partial charge in [0.2, 0.25) is 0 Å². The Morgan fingerprint density at radius 2 is 1.94 bits per heavy atom. The summed E-state index contributed by atoms with van der Waals surface area (Å²) in [4.78, 5) is 0. The number of ether oxygens (including phenoxy) is 3. The predicted molar refractivity (Wildman–Crippen MR) is 62.8 cm³/mol. The predicted octanol–water partition coefficient (Wildman–Crippen LogP) is 3.76. The van der Waals surface area contributed by atoms with Crippen LogP contribution in [0, 0.1) is 0 Å². The van der Waals surface area contributed by atoms with E-state index in [-0.39, 0.29) is 22.6 Å². The van der Waals surface area contributed by atoms with Crippen LogP contribution in [-0.2, 0) is 4.74 Å². The Morgan fingerprint density at radius 3 is 2.56 bits per heavy atom. The molecule has 1 aromatic carbocycles. The lowest BCUT2D eigenvalue weighted by Gasteiger charge is -2.12. The summed E-state index contributed by atoms with van der Waals surface area (Å²) in [5, 5.41) is 0. The first-order valence-corrected chi connectivity index (χ1v) is 5.97. The first kappa shape index (κ1) is 15.1. The Bertz CT molecular complexity index is 382. The molecule has 3 nitrogen and oxygen atoms in total. The van der Waals surface area contributed by atoms with Crippen LogP contribution in [0.4, 0.5) is 13.2 Å². The third-order valence-electron chi connectivity index (χ3n) is 1.83. The highest BCUT2D eigenvalue weighted by atomic mass is 79.9. The highest BCUT2D eigenvalue weighted by molar-refractivity contribution is 9.10. The summed E-state index contributed by atoms with van der Waals surface area (Å²) in [5.74, 6) is -0.0476. The zero-order chi connectivity index (χ0) is 13.6. The second-order valence-electron chi connectivity index (χ2n) is 3.19. The van der Waals surface area contributed by atoms with E-state index in [4.69, 9.17) is 9.47 Å². The van der Waals surface area contributed by atoms with Crippen molar-refractivity contribution in [2.24, 2.45) is 0 Å². The van der Waals surface area contributed by atoms with Crippen LogP contribution < -0.4 is 9.47 Å². The van der Waals surface area contributed by atoms with Crippen molar-refractivity contribution >= 4 is 15.9 Å². The SMILES string of the molecule is CCOCCOc1ccc(Br)c(OC(F)(F)F)c1. The zero-order valence-corrected chi connectivity index (χ0v) is 11.2. The van der Waals surface area contributed by atoms with Gasteiger partial charge >= 0.3 is 6.36 Å². The third-order valence-corrected chi connectivity index (χ3v) is 2.48. The molecule has 0 saturated heterocycles. The average molecular weight is 329 g/mol. The third kappa shape index (κ3) is 5.59. The molecule has 0 atom stereocenters. The minimum atomic E-state index is -4.73. The fourth-order valence-electron chi connectivity index (χ4n) is 1.14. The van der Waals surface area contributed by atoms with Crippen molar-refractivity contribution in [2.75, 3.05) is 19.8 Å². The largest absolute Gasteiger partial charge is 0.573 e. The van der Waals surface area contributed by atoms with Crippen LogP contribution in [0.1, 0.15) is 6.92 Å². The van der Waals surface area contributed by atoms with E-state index in [2.05, 4.69) is 20.7 Å². The fraction of sp³-hybridized carbons (Fsp3) is 0.455. The van der Waals surface area contributed by atoms with E-state index < -0.39 is 6.36 Å². The highest BCUT2D eigenvalue weighted by Crippen LogP contribution is 2.33. The molecule has 0 bridgehead atoms. The molecule has 102 valence electrons. The molecule has 0 spiro atoms. The van der Waals surface area contributed by atoms with Gasteiger partial charge in [-0.05, 0) is 35.0 Å². The summed E-state index contributed by atoms with van der Waals surface area (Å²) >= 11 is 2.97. The number of rotatable bonds is 6.